The van der Waals surface area contributed by atoms with Crippen LogP contribution in [0.15, 0.2) is 60.7 Å². The van der Waals surface area contributed by atoms with Crippen LogP contribution >= 0.6 is 12.4 Å². The van der Waals surface area contributed by atoms with Crippen LogP contribution in [-0.4, -0.2) is 11.1 Å². The number of carboxylic acids is 1. The van der Waals surface area contributed by atoms with Crippen molar-refractivity contribution in [1.29, 1.82) is 0 Å². The summed E-state index contributed by atoms with van der Waals surface area (Å²) in [4.78, 5) is 10.5. The second kappa shape index (κ2) is 7.24. The van der Waals surface area contributed by atoms with Gasteiger partial charge in [-0.3, -0.25) is 0 Å². The van der Waals surface area contributed by atoms with Crippen molar-refractivity contribution in [3.8, 4) is 11.5 Å². The normalized spacial score (nSPS) is 9.89. The molecule has 98 valence electrons. The lowest BCUT2D eigenvalue weighted by Gasteiger charge is -2.08. The molecule has 0 unspecified atom stereocenters. The van der Waals surface area contributed by atoms with Crippen molar-refractivity contribution < 1.29 is 14.6 Å². The van der Waals surface area contributed by atoms with Crippen LogP contribution in [0.2, 0.25) is 0 Å². The lowest BCUT2D eigenvalue weighted by molar-refractivity contribution is -0.131. The van der Waals surface area contributed by atoms with Gasteiger partial charge in [0.1, 0.15) is 11.5 Å². The topological polar surface area (TPSA) is 46.5 Å². The quantitative estimate of drug-likeness (QED) is 0.859. The molecule has 0 spiro atoms. The van der Waals surface area contributed by atoms with Crippen molar-refractivity contribution in [3.63, 3.8) is 0 Å². The van der Waals surface area contributed by atoms with Crippen LogP contribution in [0, 0.1) is 0 Å². The first-order chi connectivity index (χ1) is 8.75. The molecule has 0 aliphatic rings. The molecule has 0 saturated heterocycles. The first-order valence-electron chi connectivity index (χ1n) is 5.48. The predicted octanol–water partition coefficient (Wildman–Crippen LogP) is 4.00. The van der Waals surface area contributed by atoms with E-state index in [1.165, 1.54) is 6.08 Å². The zero-order valence-electron chi connectivity index (χ0n) is 10.0. The number of para-hydroxylation sites is 2. The smallest absolute Gasteiger partial charge is 0.328 e. The third kappa shape index (κ3) is 4.48. The van der Waals surface area contributed by atoms with Gasteiger partial charge in [-0.05, 0) is 24.3 Å². The van der Waals surface area contributed by atoms with E-state index >= 15 is 0 Å². The average molecular weight is 277 g/mol. The zero-order valence-corrected chi connectivity index (χ0v) is 10.8. The molecular weight excluding hydrogens is 264 g/mol. The molecule has 2 rings (SSSR count). The van der Waals surface area contributed by atoms with Gasteiger partial charge in [-0.15, -0.1) is 12.4 Å². The summed E-state index contributed by atoms with van der Waals surface area (Å²) in [5.74, 6) is 0.361. The van der Waals surface area contributed by atoms with Gasteiger partial charge in [-0.2, -0.15) is 0 Å². The van der Waals surface area contributed by atoms with Crippen molar-refractivity contribution in [2.24, 2.45) is 0 Å². The summed E-state index contributed by atoms with van der Waals surface area (Å²) >= 11 is 0. The Bertz CT molecular complexity index is 565. The standard InChI is InChI=1S/C15H12O3.ClH/c16-15(17)11-10-12-6-4-5-9-14(12)18-13-7-2-1-3-8-13;/h1-11H,(H,16,17);1H. The summed E-state index contributed by atoms with van der Waals surface area (Å²) in [5, 5.41) is 8.63. The first-order valence-corrected chi connectivity index (χ1v) is 5.48. The maximum absolute atomic E-state index is 10.5. The predicted molar refractivity (Wildman–Crippen MR) is 76.9 cm³/mol. The summed E-state index contributed by atoms with van der Waals surface area (Å²) in [6, 6.07) is 16.6. The molecule has 0 fully saturated rings. The third-order valence-electron chi connectivity index (χ3n) is 2.30. The Kier molecular flexibility index (Phi) is 5.64. The maximum atomic E-state index is 10.5. The fourth-order valence-electron chi connectivity index (χ4n) is 1.49. The number of ether oxygens (including phenoxy) is 1. The molecule has 4 heteroatoms. The van der Waals surface area contributed by atoms with Crippen LogP contribution in [0.25, 0.3) is 6.08 Å². The van der Waals surface area contributed by atoms with Gasteiger partial charge in [0.2, 0.25) is 0 Å². The van der Waals surface area contributed by atoms with Gasteiger partial charge in [-0.25, -0.2) is 4.79 Å². The molecule has 1 N–H and O–H groups in total. The summed E-state index contributed by atoms with van der Waals surface area (Å²) in [7, 11) is 0. The van der Waals surface area contributed by atoms with E-state index in [0.717, 1.165) is 11.6 Å². The van der Waals surface area contributed by atoms with Crippen molar-refractivity contribution in [2.45, 2.75) is 0 Å². The molecule has 0 aromatic heterocycles. The number of aliphatic carboxylic acids is 1. The van der Waals surface area contributed by atoms with Gasteiger partial charge in [0, 0.05) is 11.6 Å². The number of halogens is 1. The Morgan fingerprint density at radius 1 is 1.00 bits per heavy atom. The van der Waals surface area contributed by atoms with Crippen LogP contribution in [0.5, 0.6) is 11.5 Å². The number of rotatable bonds is 4. The second-order valence-electron chi connectivity index (χ2n) is 3.62. The molecule has 0 saturated carbocycles. The molecule has 0 aliphatic heterocycles. The average Bonchev–Trinajstić information content (AvgIpc) is 2.39. The van der Waals surface area contributed by atoms with Gasteiger partial charge in [0.05, 0.1) is 0 Å². The van der Waals surface area contributed by atoms with Gasteiger partial charge < -0.3 is 9.84 Å². The lowest BCUT2D eigenvalue weighted by atomic mass is 10.2. The Balaban J connectivity index is 0.00000180. The van der Waals surface area contributed by atoms with E-state index in [4.69, 9.17) is 9.84 Å². The Morgan fingerprint density at radius 2 is 1.63 bits per heavy atom. The van der Waals surface area contributed by atoms with Gasteiger partial charge in [-0.1, -0.05) is 36.4 Å². The highest BCUT2D eigenvalue weighted by Gasteiger charge is 2.01. The molecule has 0 heterocycles. The monoisotopic (exact) mass is 276 g/mol. The maximum Gasteiger partial charge on any atom is 0.328 e. The number of carboxylic acid groups (broad SMARTS) is 1. The van der Waals surface area contributed by atoms with E-state index in [1.807, 2.05) is 42.5 Å². The van der Waals surface area contributed by atoms with E-state index < -0.39 is 5.97 Å². The number of benzene rings is 2. The Morgan fingerprint density at radius 3 is 2.32 bits per heavy atom. The molecule has 2 aromatic carbocycles. The molecule has 0 bridgehead atoms. The van der Waals surface area contributed by atoms with E-state index in [-0.39, 0.29) is 12.4 Å². The molecular formula is C15H13ClO3. The molecule has 0 aliphatic carbocycles. The highest BCUT2D eigenvalue weighted by molar-refractivity contribution is 5.86. The molecule has 2 aromatic rings. The van der Waals surface area contributed by atoms with Crippen molar-refractivity contribution >= 4 is 24.5 Å². The van der Waals surface area contributed by atoms with Crippen LogP contribution in [-0.2, 0) is 4.79 Å². The van der Waals surface area contributed by atoms with E-state index in [9.17, 15) is 4.79 Å². The highest BCUT2D eigenvalue weighted by Crippen LogP contribution is 2.25. The van der Waals surface area contributed by atoms with Crippen molar-refractivity contribution in [2.75, 3.05) is 0 Å². The molecule has 0 amide bonds. The molecule has 3 nitrogen and oxygen atoms in total. The zero-order chi connectivity index (χ0) is 12.8. The number of carbonyl (C=O) groups is 1. The highest BCUT2D eigenvalue weighted by atomic mass is 35.5. The fraction of sp³-hybridized carbons (Fsp3) is 0. The minimum Gasteiger partial charge on any atom is -0.478 e. The van der Waals surface area contributed by atoms with Gasteiger partial charge in [0.25, 0.3) is 0 Å². The van der Waals surface area contributed by atoms with Gasteiger partial charge in [0.15, 0.2) is 0 Å². The minimum absolute atomic E-state index is 0. The van der Waals surface area contributed by atoms with E-state index in [0.29, 0.717) is 11.5 Å². The van der Waals surface area contributed by atoms with Crippen LogP contribution in [0.1, 0.15) is 5.56 Å². The minimum atomic E-state index is -0.982. The molecule has 0 radical (unpaired) electrons. The summed E-state index contributed by atoms with van der Waals surface area (Å²) < 4.78 is 5.70. The largest absolute Gasteiger partial charge is 0.478 e. The number of hydrogen-bond acceptors (Lipinski definition) is 2. The third-order valence-corrected chi connectivity index (χ3v) is 2.30. The summed E-state index contributed by atoms with van der Waals surface area (Å²) in [6.45, 7) is 0. The molecule has 0 atom stereocenters. The van der Waals surface area contributed by atoms with E-state index in [2.05, 4.69) is 0 Å². The first kappa shape index (κ1) is 14.8. The second-order valence-corrected chi connectivity index (χ2v) is 3.62. The van der Waals surface area contributed by atoms with Crippen LogP contribution in [0.3, 0.4) is 0 Å². The van der Waals surface area contributed by atoms with Gasteiger partial charge >= 0.3 is 5.97 Å². The summed E-state index contributed by atoms with van der Waals surface area (Å²) in [6.07, 6.45) is 2.60. The van der Waals surface area contributed by atoms with Crippen molar-refractivity contribution in [1.82, 2.24) is 0 Å². The number of hydrogen-bond donors (Lipinski definition) is 1. The summed E-state index contributed by atoms with van der Waals surface area (Å²) in [5.41, 5.74) is 0.726. The Labute approximate surface area is 117 Å². The van der Waals surface area contributed by atoms with Crippen molar-refractivity contribution in [3.05, 3.63) is 66.2 Å². The SMILES string of the molecule is Cl.O=C(O)C=Cc1ccccc1Oc1ccccc1. The van der Waals surface area contributed by atoms with E-state index in [1.54, 1.807) is 12.1 Å². The lowest BCUT2D eigenvalue weighted by Crippen LogP contribution is -1.89. The van der Waals surface area contributed by atoms with Crippen LogP contribution < -0.4 is 4.74 Å². The Hall–Kier alpha value is -2.26. The van der Waals surface area contributed by atoms with Crippen LogP contribution in [0.4, 0.5) is 0 Å². The fourth-order valence-corrected chi connectivity index (χ4v) is 1.49. The molecule has 19 heavy (non-hydrogen) atoms.